The fourth-order valence-electron chi connectivity index (χ4n) is 1.85. The van der Waals surface area contributed by atoms with E-state index in [0.717, 1.165) is 25.1 Å². The summed E-state index contributed by atoms with van der Waals surface area (Å²) >= 11 is 0. The molecular weight excluding hydrogens is 174 g/mol. The van der Waals surface area contributed by atoms with E-state index in [0.29, 0.717) is 5.82 Å². The molecule has 3 heteroatoms. The maximum absolute atomic E-state index is 5.88. The normalized spacial score (nSPS) is 16.5. The Morgan fingerprint density at radius 1 is 1.50 bits per heavy atom. The van der Waals surface area contributed by atoms with Crippen molar-refractivity contribution in [2.45, 2.75) is 13.3 Å². The van der Waals surface area contributed by atoms with Crippen molar-refractivity contribution in [2.24, 2.45) is 0 Å². The lowest BCUT2D eigenvalue weighted by Gasteiger charge is -2.17. The van der Waals surface area contributed by atoms with Crippen LogP contribution in [0.25, 0.3) is 5.57 Å². The van der Waals surface area contributed by atoms with Gasteiger partial charge >= 0.3 is 0 Å². The Hall–Kier alpha value is -1.35. The first-order valence-corrected chi connectivity index (χ1v) is 4.90. The fraction of sp³-hybridized carbons (Fsp3) is 0.364. The molecule has 2 heterocycles. The largest absolute Gasteiger partial charge is 0.383 e. The van der Waals surface area contributed by atoms with Gasteiger partial charge in [-0.15, -0.1) is 0 Å². The summed E-state index contributed by atoms with van der Waals surface area (Å²) in [6, 6.07) is 2.01. The summed E-state index contributed by atoms with van der Waals surface area (Å²) in [7, 11) is 0. The third-order valence-corrected chi connectivity index (χ3v) is 2.57. The van der Waals surface area contributed by atoms with E-state index in [1.165, 1.54) is 11.1 Å². The molecule has 0 fully saturated rings. The predicted octanol–water partition coefficient (Wildman–Crippen LogP) is 1.35. The van der Waals surface area contributed by atoms with Gasteiger partial charge in [-0.1, -0.05) is 6.08 Å². The third-order valence-electron chi connectivity index (χ3n) is 2.57. The number of nitrogens with one attached hydrogen (secondary N) is 1. The highest BCUT2D eigenvalue weighted by atomic mass is 14.9. The van der Waals surface area contributed by atoms with Crippen LogP contribution < -0.4 is 11.1 Å². The molecule has 14 heavy (non-hydrogen) atoms. The molecule has 2 rings (SSSR count). The number of hydrogen-bond acceptors (Lipinski definition) is 3. The van der Waals surface area contributed by atoms with Crippen LogP contribution in [0.3, 0.4) is 0 Å². The predicted molar refractivity (Wildman–Crippen MR) is 58.9 cm³/mol. The first-order valence-electron chi connectivity index (χ1n) is 4.90. The average molecular weight is 189 g/mol. The van der Waals surface area contributed by atoms with Crippen LogP contribution >= 0.6 is 0 Å². The van der Waals surface area contributed by atoms with E-state index in [1.807, 2.05) is 6.07 Å². The van der Waals surface area contributed by atoms with Crippen molar-refractivity contribution in [2.75, 3.05) is 18.8 Å². The number of pyridine rings is 1. The molecule has 0 bridgehead atoms. The summed E-state index contributed by atoms with van der Waals surface area (Å²) in [5, 5.41) is 3.29. The Bertz CT molecular complexity index is 349. The van der Waals surface area contributed by atoms with E-state index < -0.39 is 0 Å². The van der Waals surface area contributed by atoms with Crippen molar-refractivity contribution >= 4 is 11.4 Å². The van der Waals surface area contributed by atoms with Crippen molar-refractivity contribution in [3.63, 3.8) is 0 Å². The minimum Gasteiger partial charge on any atom is -0.383 e. The van der Waals surface area contributed by atoms with Crippen LogP contribution in [-0.2, 0) is 0 Å². The van der Waals surface area contributed by atoms with Crippen molar-refractivity contribution < 1.29 is 0 Å². The van der Waals surface area contributed by atoms with E-state index in [2.05, 4.69) is 23.3 Å². The zero-order valence-electron chi connectivity index (χ0n) is 8.38. The molecule has 0 atom stereocenters. The van der Waals surface area contributed by atoms with Gasteiger partial charge in [0.2, 0.25) is 0 Å². The van der Waals surface area contributed by atoms with Crippen LogP contribution in [-0.4, -0.2) is 18.1 Å². The van der Waals surface area contributed by atoms with Gasteiger partial charge in [0.25, 0.3) is 0 Å². The van der Waals surface area contributed by atoms with Crippen molar-refractivity contribution in [1.29, 1.82) is 0 Å². The molecule has 1 aliphatic rings. The summed E-state index contributed by atoms with van der Waals surface area (Å²) in [6.07, 6.45) is 5.00. The molecule has 0 saturated heterocycles. The van der Waals surface area contributed by atoms with E-state index >= 15 is 0 Å². The van der Waals surface area contributed by atoms with Crippen LogP contribution in [0.1, 0.15) is 17.5 Å². The molecule has 1 aliphatic heterocycles. The monoisotopic (exact) mass is 189 g/mol. The third kappa shape index (κ3) is 1.63. The number of anilines is 1. The summed E-state index contributed by atoms with van der Waals surface area (Å²) in [4.78, 5) is 4.13. The molecule has 0 aliphatic carbocycles. The van der Waals surface area contributed by atoms with Crippen molar-refractivity contribution in [3.8, 4) is 0 Å². The van der Waals surface area contributed by atoms with Gasteiger partial charge in [0, 0.05) is 18.3 Å². The number of nitrogens with two attached hydrogens (primary N) is 1. The smallest absolute Gasteiger partial charge is 0.131 e. The van der Waals surface area contributed by atoms with Crippen molar-refractivity contribution in [1.82, 2.24) is 10.3 Å². The zero-order valence-corrected chi connectivity index (χ0v) is 8.38. The number of aromatic nitrogens is 1. The molecule has 0 saturated carbocycles. The van der Waals surface area contributed by atoms with Gasteiger partial charge in [0.15, 0.2) is 0 Å². The van der Waals surface area contributed by atoms with Gasteiger partial charge in [-0.2, -0.15) is 0 Å². The number of nitrogens with zero attached hydrogens (tertiary/aromatic N) is 1. The second kappa shape index (κ2) is 3.80. The molecule has 1 aromatic heterocycles. The Morgan fingerprint density at radius 3 is 3.00 bits per heavy atom. The van der Waals surface area contributed by atoms with Crippen LogP contribution in [0.15, 0.2) is 18.3 Å². The summed E-state index contributed by atoms with van der Waals surface area (Å²) in [5.41, 5.74) is 9.55. The van der Waals surface area contributed by atoms with Crippen LogP contribution in [0.5, 0.6) is 0 Å². The zero-order chi connectivity index (χ0) is 9.97. The van der Waals surface area contributed by atoms with E-state index in [-0.39, 0.29) is 0 Å². The molecule has 3 N–H and O–H groups in total. The van der Waals surface area contributed by atoms with Gasteiger partial charge in [0.05, 0.1) is 0 Å². The Balaban J connectivity index is 2.44. The van der Waals surface area contributed by atoms with Crippen LogP contribution in [0.4, 0.5) is 5.82 Å². The standard InChI is InChI=1S/C11H15N3/c1-8-2-7-14-11(12)10(8)9-3-5-13-6-4-9/h2-3,7,13H,4-6H2,1H3,(H2,12,14). The molecular formula is C11H15N3. The van der Waals surface area contributed by atoms with Gasteiger partial charge in [-0.3, -0.25) is 0 Å². The highest BCUT2D eigenvalue weighted by molar-refractivity contribution is 5.76. The highest BCUT2D eigenvalue weighted by Gasteiger charge is 2.11. The van der Waals surface area contributed by atoms with Crippen LogP contribution in [0, 0.1) is 6.92 Å². The number of aryl methyl sites for hydroxylation is 1. The van der Waals surface area contributed by atoms with Crippen LogP contribution in [0.2, 0.25) is 0 Å². The number of hydrogen-bond donors (Lipinski definition) is 2. The molecule has 0 spiro atoms. The van der Waals surface area contributed by atoms with Gasteiger partial charge in [-0.05, 0) is 37.1 Å². The summed E-state index contributed by atoms with van der Waals surface area (Å²) < 4.78 is 0. The average Bonchev–Trinajstić information content (AvgIpc) is 2.19. The SMILES string of the molecule is Cc1ccnc(N)c1C1=CCNCC1. The lowest BCUT2D eigenvalue weighted by Crippen LogP contribution is -2.20. The lowest BCUT2D eigenvalue weighted by molar-refractivity contribution is 0.738. The lowest BCUT2D eigenvalue weighted by atomic mass is 9.97. The topological polar surface area (TPSA) is 50.9 Å². The fourth-order valence-corrected chi connectivity index (χ4v) is 1.85. The van der Waals surface area contributed by atoms with Gasteiger partial charge in [0.1, 0.15) is 5.82 Å². The van der Waals surface area contributed by atoms with Gasteiger partial charge < -0.3 is 11.1 Å². The molecule has 0 aromatic carbocycles. The van der Waals surface area contributed by atoms with Crippen molar-refractivity contribution in [3.05, 3.63) is 29.5 Å². The Kier molecular flexibility index (Phi) is 2.50. The first-order chi connectivity index (χ1) is 6.79. The van der Waals surface area contributed by atoms with Gasteiger partial charge in [-0.25, -0.2) is 4.98 Å². The highest BCUT2D eigenvalue weighted by Crippen LogP contribution is 2.26. The maximum atomic E-state index is 5.88. The molecule has 74 valence electrons. The molecule has 1 aromatic rings. The second-order valence-corrected chi connectivity index (χ2v) is 3.57. The van der Waals surface area contributed by atoms with E-state index in [1.54, 1.807) is 6.20 Å². The molecule has 0 radical (unpaired) electrons. The Labute approximate surface area is 84.0 Å². The van der Waals surface area contributed by atoms with E-state index in [4.69, 9.17) is 5.73 Å². The number of rotatable bonds is 1. The summed E-state index contributed by atoms with van der Waals surface area (Å²) in [6.45, 7) is 4.04. The maximum Gasteiger partial charge on any atom is 0.131 e. The molecule has 0 amide bonds. The molecule has 3 nitrogen and oxygen atoms in total. The summed E-state index contributed by atoms with van der Waals surface area (Å²) in [5.74, 6) is 0.651. The number of nitrogen functional groups attached to an aromatic ring is 1. The van der Waals surface area contributed by atoms with E-state index in [9.17, 15) is 0 Å². The minimum atomic E-state index is 0.651. The molecule has 0 unspecified atom stereocenters. The second-order valence-electron chi connectivity index (χ2n) is 3.57. The Morgan fingerprint density at radius 2 is 2.36 bits per heavy atom. The first kappa shape index (κ1) is 9.21. The quantitative estimate of drug-likeness (QED) is 0.701. The minimum absolute atomic E-state index is 0.651.